The van der Waals surface area contributed by atoms with Crippen molar-refractivity contribution in [2.24, 2.45) is 0 Å². The maximum Gasteiger partial charge on any atom is 0.273 e. The normalized spacial score (nSPS) is 16.1. The summed E-state index contributed by atoms with van der Waals surface area (Å²) in [7, 11) is 0. The van der Waals surface area contributed by atoms with E-state index in [0.717, 1.165) is 52.0 Å². The molecule has 0 spiro atoms. The Morgan fingerprint density at radius 2 is 2.14 bits per heavy atom. The van der Waals surface area contributed by atoms with Crippen molar-refractivity contribution >= 4 is 5.91 Å². The predicted octanol–water partition coefficient (Wildman–Crippen LogP) is 1.60. The first-order valence-corrected chi connectivity index (χ1v) is 8.41. The van der Waals surface area contributed by atoms with Crippen molar-refractivity contribution in [1.82, 2.24) is 20.5 Å². The van der Waals surface area contributed by atoms with Gasteiger partial charge in [-0.2, -0.15) is 0 Å². The van der Waals surface area contributed by atoms with Gasteiger partial charge in [0.25, 0.3) is 5.91 Å². The fourth-order valence-corrected chi connectivity index (χ4v) is 2.78. The number of carbonyl (C=O) groups is 1. The van der Waals surface area contributed by atoms with Crippen molar-refractivity contribution in [3.63, 3.8) is 0 Å². The molecule has 0 radical (unpaired) electrons. The largest absolute Gasteiger partial charge is 0.448 e. The summed E-state index contributed by atoms with van der Waals surface area (Å²) in [6.45, 7) is 10.1. The number of oxazole rings is 1. The molecule has 2 heterocycles. The van der Waals surface area contributed by atoms with E-state index in [9.17, 15) is 4.79 Å². The van der Waals surface area contributed by atoms with Gasteiger partial charge in [0.15, 0.2) is 11.6 Å². The molecule has 0 aliphatic carbocycles. The molecule has 2 rings (SSSR count). The zero-order valence-electron chi connectivity index (χ0n) is 13.7. The average Bonchev–Trinajstić information content (AvgIpc) is 3.06. The molecular formula is C16H28N4O2. The summed E-state index contributed by atoms with van der Waals surface area (Å²) in [5.74, 6) is 0.906. The van der Waals surface area contributed by atoms with Gasteiger partial charge in [0.05, 0.1) is 0 Å². The van der Waals surface area contributed by atoms with E-state index in [0.29, 0.717) is 24.0 Å². The van der Waals surface area contributed by atoms with E-state index in [1.165, 1.54) is 6.26 Å². The maximum absolute atomic E-state index is 12.1. The molecule has 1 aliphatic heterocycles. The number of aromatic nitrogens is 1. The summed E-state index contributed by atoms with van der Waals surface area (Å²) in [6.07, 6.45) is 4.47. The minimum atomic E-state index is -0.136. The number of nitrogens with one attached hydrogen (secondary N) is 2. The van der Waals surface area contributed by atoms with Crippen molar-refractivity contribution in [2.75, 3.05) is 39.3 Å². The molecule has 1 aromatic heterocycles. The third-order valence-corrected chi connectivity index (χ3v) is 4.27. The number of hydrogen-bond donors (Lipinski definition) is 2. The topological polar surface area (TPSA) is 70.4 Å². The van der Waals surface area contributed by atoms with Crippen molar-refractivity contribution in [3.8, 4) is 0 Å². The molecule has 0 unspecified atom stereocenters. The first kappa shape index (κ1) is 17.0. The number of hydrogen-bond acceptors (Lipinski definition) is 5. The summed E-state index contributed by atoms with van der Waals surface area (Å²) < 4.78 is 5.50. The summed E-state index contributed by atoms with van der Waals surface area (Å²) in [5.41, 5.74) is 0.399. The quantitative estimate of drug-likeness (QED) is 0.714. The number of carbonyl (C=O) groups excluding carboxylic acids is 1. The van der Waals surface area contributed by atoms with Crippen molar-refractivity contribution in [1.29, 1.82) is 0 Å². The van der Waals surface area contributed by atoms with Crippen LogP contribution in [0.3, 0.4) is 0 Å². The molecule has 0 saturated carbocycles. The third-order valence-electron chi connectivity index (χ3n) is 4.27. The SMILES string of the molecule is CCN(CC)CCCNC(=O)c1coc(C2CCNCC2)n1. The lowest BCUT2D eigenvalue weighted by Gasteiger charge is -2.19. The highest BCUT2D eigenvalue weighted by Gasteiger charge is 2.21. The summed E-state index contributed by atoms with van der Waals surface area (Å²) in [4.78, 5) is 18.8. The van der Waals surface area contributed by atoms with Crippen LogP contribution in [0.2, 0.25) is 0 Å². The van der Waals surface area contributed by atoms with Crippen LogP contribution in [0.4, 0.5) is 0 Å². The smallest absolute Gasteiger partial charge is 0.273 e. The van der Waals surface area contributed by atoms with Gasteiger partial charge in [-0.15, -0.1) is 0 Å². The minimum Gasteiger partial charge on any atom is -0.448 e. The monoisotopic (exact) mass is 308 g/mol. The summed E-state index contributed by atoms with van der Waals surface area (Å²) in [6, 6.07) is 0. The lowest BCUT2D eigenvalue weighted by atomic mass is 9.98. The Hall–Kier alpha value is -1.40. The second kappa shape index (κ2) is 8.90. The van der Waals surface area contributed by atoms with E-state index in [4.69, 9.17) is 4.42 Å². The van der Waals surface area contributed by atoms with Gasteiger partial charge in [0.1, 0.15) is 6.26 Å². The van der Waals surface area contributed by atoms with Gasteiger partial charge < -0.3 is 20.0 Å². The lowest BCUT2D eigenvalue weighted by molar-refractivity contribution is 0.0947. The number of rotatable bonds is 8. The molecule has 1 aromatic rings. The molecule has 2 N–H and O–H groups in total. The Kier molecular flexibility index (Phi) is 6.86. The Labute approximate surface area is 132 Å². The van der Waals surface area contributed by atoms with Crippen LogP contribution in [0.15, 0.2) is 10.7 Å². The molecule has 1 aliphatic rings. The Morgan fingerprint density at radius 3 is 2.82 bits per heavy atom. The first-order valence-electron chi connectivity index (χ1n) is 8.41. The second-order valence-corrected chi connectivity index (χ2v) is 5.73. The minimum absolute atomic E-state index is 0.136. The number of amides is 1. The molecule has 1 saturated heterocycles. The van der Waals surface area contributed by atoms with E-state index in [1.807, 2.05) is 0 Å². The Morgan fingerprint density at radius 1 is 1.41 bits per heavy atom. The maximum atomic E-state index is 12.1. The third kappa shape index (κ3) is 4.81. The van der Waals surface area contributed by atoms with Gasteiger partial charge in [-0.25, -0.2) is 4.98 Å². The van der Waals surface area contributed by atoms with Crippen LogP contribution < -0.4 is 10.6 Å². The van der Waals surface area contributed by atoms with Crippen LogP contribution in [0, 0.1) is 0 Å². The van der Waals surface area contributed by atoms with Crippen LogP contribution in [0.1, 0.15) is 55.4 Å². The molecule has 22 heavy (non-hydrogen) atoms. The molecule has 1 amide bonds. The highest BCUT2D eigenvalue weighted by molar-refractivity contribution is 5.91. The Bertz CT molecular complexity index is 451. The van der Waals surface area contributed by atoms with Crippen molar-refractivity contribution < 1.29 is 9.21 Å². The molecule has 6 nitrogen and oxygen atoms in total. The van der Waals surface area contributed by atoms with Gasteiger partial charge in [-0.05, 0) is 52.0 Å². The zero-order chi connectivity index (χ0) is 15.8. The van der Waals surface area contributed by atoms with Gasteiger partial charge in [0, 0.05) is 12.5 Å². The van der Waals surface area contributed by atoms with Gasteiger partial charge >= 0.3 is 0 Å². The van der Waals surface area contributed by atoms with Crippen LogP contribution in [0.5, 0.6) is 0 Å². The number of piperidine rings is 1. The van der Waals surface area contributed by atoms with Gasteiger partial charge in [-0.1, -0.05) is 13.8 Å². The van der Waals surface area contributed by atoms with Crippen molar-refractivity contribution in [3.05, 3.63) is 17.8 Å². The van der Waals surface area contributed by atoms with Crippen LogP contribution in [-0.2, 0) is 0 Å². The second-order valence-electron chi connectivity index (χ2n) is 5.73. The van der Waals surface area contributed by atoms with Crippen LogP contribution in [0.25, 0.3) is 0 Å². The Balaban J connectivity index is 1.74. The highest BCUT2D eigenvalue weighted by atomic mass is 16.3. The summed E-state index contributed by atoms with van der Waals surface area (Å²) in [5, 5.41) is 6.23. The average molecular weight is 308 g/mol. The molecular weight excluding hydrogens is 280 g/mol. The molecule has 1 fully saturated rings. The highest BCUT2D eigenvalue weighted by Crippen LogP contribution is 2.24. The molecule has 0 bridgehead atoms. The van der Waals surface area contributed by atoms with E-state index < -0.39 is 0 Å². The molecule has 0 atom stereocenters. The van der Waals surface area contributed by atoms with Crippen LogP contribution >= 0.6 is 0 Å². The van der Waals surface area contributed by atoms with E-state index in [2.05, 4.69) is 34.4 Å². The molecule has 6 heteroatoms. The first-order chi connectivity index (χ1) is 10.7. The van der Waals surface area contributed by atoms with E-state index in [1.54, 1.807) is 0 Å². The molecule has 0 aromatic carbocycles. The fourth-order valence-electron chi connectivity index (χ4n) is 2.78. The summed E-state index contributed by atoms with van der Waals surface area (Å²) >= 11 is 0. The number of nitrogens with zero attached hydrogens (tertiary/aromatic N) is 2. The van der Waals surface area contributed by atoms with Gasteiger partial charge in [-0.3, -0.25) is 4.79 Å². The van der Waals surface area contributed by atoms with Crippen LogP contribution in [-0.4, -0.2) is 55.1 Å². The lowest BCUT2D eigenvalue weighted by Crippen LogP contribution is -2.30. The van der Waals surface area contributed by atoms with E-state index in [-0.39, 0.29) is 5.91 Å². The standard InChI is InChI=1S/C16H28N4O2/c1-3-20(4-2)11-5-8-18-15(21)14-12-22-16(19-14)13-6-9-17-10-7-13/h12-13,17H,3-11H2,1-2H3,(H,18,21). The van der Waals surface area contributed by atoms with E-state index >= 15 is 0 Å². The zero-order valence-corrected chi connectivity index (χ0v) is 13.7. The fraction of sp³-hybridized carbons (Fsp3) is 0.750. The predicted molar refractivity (Wildman–Crippen MR) is 86.1 cm³/mol. The molecule has 124 valence electrons. The van der Waals surface area contributed by atoms with Gasteiger partial charge in [0.2, 0.25) is 0 Å². The van der Waals surface area contributed by atoms with Crippen molar-refractivity contribution in [2.45, 2.75) is 39.0 Å².